The monoisotopic (exact) mass is 162 g/mol. The molecule has 2 aliphatic carbocycles. The molecule has 0 heterocycles. The van der Waals surface area contributed by atoms with E-state index < -0.39 is 0 Å². The van der Waals surface area contributed by atoms with Crippen LogP contribution in [0.3, 0.4) is 0 Å². The predicted octanol–water partition coefficient (Wildman–Crippen LogP) is 3.70. The van der Waals surface area contributed by atoms with Crippen LogP contribution in [-0.4, -0.2) is 0 Å². The molecule has 0 aromatic heterocycles. The zero-order valence-corrected chi connectivity index (χ0v) is 7.81. The van der Waals surface area contributed by atoms with Crippen molar-refractivity contribution in [3.05, 3.63) is 24.3 Å². The number of hydrogen-bond acceptors (Lipinski definition) is 0. The lowest BCUT2D eigenvalue weighted by Crippen LogP contribution is -2.25. The van der Waals surface area contributed by atoms with Gasteiger partial charge in [-0.15, -0.1) is 0 Å². The number of rotatable bonds is 0. The minimum absolute atomic E-state index is 0.851. The Morgan fingerprint density at radius 3 is 2.75 bits per heavy atom. The summed E-state index contributed by atoms with van der Waals surface area (Å²) in [6.45, 7) is 8.29. The van der Waals surface area contributed by atoms with Crippen LogP contribution in [0, 0.1) is 11.8 Å². The van der Waals surface area contributed by atoms with Crippen molar-refractivity contribution in [2.45, 2.75) is 38.5 Å². The van der Waals surface area contributed by atoms with E-state index in [1.807, 2.05) is 0 Å². The lowest BCUT2D eigenvalue weighted by molar-refractivity contribution is 0.259. The fourth-order valence-electron chi connectivity index (χ4n) is 2.83. The Morgan fingerprint density at radius 1 is 1.08 bits per heavy atom. The number of allylic oxidation sites excluding steroid dienone is 2. The smallest absolute Gasteiger partial charge is 0.0171 e. The van der Waals surface area contributed by atoms with E-state index in [0.717, 1.165) is 11.8 Å². The highest BCUT2D eigenvalue weighted by Gasteiger charge is 2.30. The van der Waals surface area contributed by atoms with Crippen molar-refractivity contribution in [3.63, 3.8) is 0 Å². The fraction of sp³-hybridized carbons (Fsp3) is 0.667. The molecule has 0 nitrogen and oxygen atoms in total. The summed E-state index contributed by atoms with van der Waals surface area (Å²) in [5, 5.41) is 0. The average molecular weight is 162 g/mol. The van der Waals surface area contributed by atoms with E-state index >= 15 is 0 Å². The molecule has 0 heteroatoms. The topological polar surface area (TPSA) is 0 Å². The SMILES string of the molecule is C=C1CCC2C(=C)CCCC2C1. The first-order valence-electron chi connectivity index (χ1n) is 5.11. The molecule has 2 fully saturated rings. The summed E-state index contributed by atoms with van der Waals surface area (Å²) < 4.78 is 0. The highest BCUT2D eigenvalue weighted by molar-refractivity contribution is 5.13. The molecule has 0 aromatic rings. The molecule has 0 aromatic carbocycles. The molecule has 0 saturated heterocycles. The molecule has 0 aliphatic heterocycles. The van der Waals surface area contributed by atoms with Gasteiger partial charge in [-0.3, -0.25) is 0 Å². The molecular formula is C12H18. The third-order valence-electron chi connectivity index (χ3n) is 3.53. The molecule has 0 radical (unpaired) electrons. The van der Waals surface area contributed by atoms with Crippen molar-refractivity contribution in [1.29, 1.82) is 0 Å². The van der Waals surface area contributed by atoms with Gasteiger partial charge in [-0.25, -0.2) is 0 Å². The minimum Gasteiger partial charge on any atom is -0.0999 e. The van der Waals surface area contributed by atoms with Crippen LogP contribution in [-0.2, 0) is 0 Å². The summed E-state index contributed by atoms with van der Waals surface area (Å²) in [5.74, 6) is 1.76. The van der Waals surface area contributed by atoms with Gasteiger partial charge in [0.05, 0.1) is 0 Å². The third-order valence-corrected chi connectivity index (χ3v) is 3.53. The van der Waals surface area contributed by atoms with Gasteiger partial charge in [0, 0.05) is 0 Å². The largest absolute Gasteiger partial charge is 0.0999 e. The molecular weight excluding hydrogens is 144 g/mol. The highest BCUT2D eigenvalue weighted by Crippen LogP contribution is 2.43. The highest BCUT2D eigenvalue weighted by atomic mass is 14.4. The number of hydrogen-bond donors (Lipinski definition) is 0. The van der Waals surface area contributed by atoms with Crippen molar-refractivity contribution in [2.24, 2.45) is 11.8 Å². The Kier molecular flexibility index (Phi) is 2.08. The van der Waals surface area contributed by atoms with E-state index in [0.29, 0.717) is 0 Å². The van der Waals surface area contributed by atoms with Gasteiger partial charge < -0.3 is 0 Å². The van der Waals surface area contributed by atoms with Gasteiger partial charge in [0.15, 0.2) is 0 Å². The zero-order valence-electron chi connectivity index (χ0n) is 7.81. The zero-order chi connectivity index (χ0) is 8.55. The summed E-state index contributed by atoms with van der Waals surface area (Å²) in [6, 6.07) is 0. The molecule has 2 atom stereocenters. The maximum absolute atomic E-state index is 4.19. The Morgan fingerprint density at radius 2 is 1.92 bits per heavy atom. The van der Waals surface area contributed by atoms with Crippen molar-refractivity contribution < 1.29 is 0 Å². The maximum Gasteiger partial charge on any atom is -0.0171 e. The van der Waals surface area contributed by atoms with Crippen molar-refractivity contribution in [2.75, 3.05) is 0 Å². The van der Waals surface area contributed by atoms with Crippen LogP contribution in [0.15, 0.2) is 24.3 Å². The summed E-state index contributed by atoms with van der Waals surface area (Å²) in [4.78, 5) is 0. The van der Waals surface area contributed by atoms with Crippen molar-refractivity contribution >= 4 is 0 Å². The molecule has 2 unspecified atom stereocenters. The first-order chi connectivity index (χ1) is 5.77. The Hall–Kier alpha value is -0.520. The predicted molar refractivity (Wildman–Crippen MR) is 53.0 cm³/mol. The Bertz CT molecular complexity index is 212. The van der Waals surface area contributed by atoms with Gasteiger partial charge in [-0.05, 0) is 50.4 Å². The summed E-state index contributed by atoms with van der Waals surface area (Å²) in [7, 11) is 0. The van der Waals surface area contributed by atoms with Gasteiger partial charge in [-0.2, -0.15) is 0 Å². The number of fused-ring (bicyclic) bond motifs is 1. The molecule has 2 rings (SSSR count). The van der Waals surface area contributed by atoms with Crippen molar-refractivity contribution in [3.8, 4) is 0 Å². The fourth-order valence-corrected chi connectivity index (χ4v) is 2.83. The van der Waals surface area contributed by atoms with E-state index in [2.05, 4.69) is 13.2 Å². The first kappa shape index (κ1) is 8.10. The van der Waals surface area contributed by atoms with Crippen LogP contribution in [0.25, 0.3) is 0 Å². The molecule has 0 bridgehead atoms. The summed E-state index contributed by atoms with van der Waals surface area (Å²) in [5.41, 5.74) is 3.00. The lowest BCUT2D eigenvalue weighted by atomic mass is 9.68. The third kappa shape index (κ3) is 1.35. The quantitative estimate of drug-likeness (QED) is 0.476. The van der Waals surface area contributed by atoms with Gasteiger partial charge >= 0.3 is 0 Å². The van der Waals surface area contributed by atoms with Gasteiger partial charge in [0.1, 0.15) is 0 Å². The van der Waals surface area contributed by atoms with Crippen LogP contribution in [0.1, 0.15) is 38.5 Å². The summed E-state index contributed by atoms with van der Waals surface area (Å²) in [6.07, 6.45) is 7.94. The standard InChI is InChI=1S/C12H18/c1-9-6-7-12-10(2)4-3-5-11(12)8-9/h11-12H,1-8H2. The molecule has 2 saturated carbocycles. The van der Waals surface area contributed by atoms with E-state index in [-0.39, 0.29) is 0 Å². The van der Waals surface area contributed by atoms with Crippen LogP contribution >= 0.6 is 0 Å². The van der Waals surface area contributed by atoms with E-state index in [1.54, 1.807) is 0 Å². The normalized spacial score (nSPS) is 36.3. The van der Waals surface area contributed by atoms with E-state index in [1.165, 1.54) is 49.7 Å². The lowest BCUT2D eigenvalue weighted by Gasteiger charge is -2.37. The van der Waals surface area contributed by atoms with Crippen molar-refractivity contribution in [1.82, 2.24) is 0 Å². The van der Waals surface area contributed by atoms with Crippen LogP contribution in [0.4, 0.5) is 0 Å². The second-order valence-corrected chi connectivity index (χ2v) is 4.41. The average Bonchev–Trinajstić information content (AvgIpc) is 2.04. The molecule has 66 valence electrons. The van der Waals surface area contributed by atoms with Crippen LogP contribution in [0.2, 0.25) is 0 Å². The molecule has 0 amide bonds. The second-order valence-electron chi connectivity index (χ2n) is 4.41. The summed E-state index contributed by atoms with van der Waals surface area (Å²) >= 11 is 0. The van der Waals surface area contributed by atoms with Crippen LogP contribution < -0.4 is 0 Å². The minimum atomic E-state index is 0.851. The molecule has 0 spiro atoms. The second kappa shape index (κ2) is 3.08. The van der Waals surface area contributed by atoms with Gasteiger partial charge in [-0.1, -0.05) is 24.3 Å². The molecule has 0 N–H and O–H groups in total. The van der Waals surface area contributed by atoms with Gasteiger partial charge in [0.2, 0.25) is 0 Å². The van der Waals surface area contributed by atoms with Crippen LogP contribution in [0.5, 0.6) is 0 Å². The van der Waals surface area contributed by atoms with Gasteiger partial charge in [0.25, 0.3) is 0 Å². The molecule has 12 heavy (non-hydrogen) atoms. The maximum atomic E-state index is 4.19. The van der Waals surface area contributed by atoms with E-state index in [9.17, 15) is 0 Å². The molecule has 2 aliphatic rings. The Balaban J connectivity index is 2.09. The first-order valence-corrected chi connectivity index (χ1v) is 5.11. The van der Waals surface area contributed by atoms with E-state index in [4.69, 9.17) is 0 Å². The Labute approximate surface area is 75.4 Å².